The van der Waals surface area contributed by atoms with E-state index in [1.165, 1.54) is 22.3 Å². The van der Waals surface area contributed by atoms with Crippen molar-refractivity contribution < 1.29 is 0 Å². The van der Waals surface area contributed by atoms with E-state index in [2.05, 4.69) is 72.1 Å². The van der Waals surface area contributed by atoms with Gasteiger partial charge in [0.15, 0.2) is 0 Å². The first-order chi connectivity index (χ1) is 10.4. The molecule has 0 spiro atoms. The summed E-state index contributed by atoms with van der Waals surface area (Å²) in [7, 11) is 0. The van der Waals surface area contributed by atoms with Crippen LogP contribution in [-0.4, -0.2) is 9.78 Å². The number of nitrogens with one attached hydrogen (secondary N) is 1. The molecular weight excluding hydrogens is 258 g/mol. The number of fused-ring (bicyclic) bond motifs is 3. The maximum Gasteiger partial charge on any atom is 0.0780 e. The maximum atomic E-state index is 4.34. The Balaban J connectivity index is 1.77. The average molecular weight is 275 g/mol. The summed E-state index contributed by atoms with van der Waals surface area (Å²) in [6, 6.07) is 17.4. The molecule has 0 fully saturated rings. The van der Waals surface area contributed by atoms with Gasteiger partial charge in [-0.25, -0.2) is 0 Å². The Morgan fingerprint density at radius 2 is 1.62 bits per heavy atom. The molecule has 1 N–H and O–H groups in total. The van der Waals surface area contributed by atoms with Gasteiger partial charge in [-0.3, -0.25) is 4.68 Å². The van der Waals surface area contributed by atoms with Crippen LogP contribution in [0.4, 0.5) is 5.69 Å². The van der Waals surface area contributed by atoms with E-state index in [9.17, 15) is 0 Å². The summed E-state index contributed by atoms with van der Waals surface area (Å²) < 4.78 is 1.94. The summed E-state index contributed by atoms with van der Waals surface area (Å²) >= 11 is 0. The predicted molar refractivity (Wildman–Crippen MR) is 85.2 cm³/mol. The molecule has 0 aliphatic heterocycles. The van der Waals surface area contributed by atoms with Gasteiger partial charge in [-0.05, 0) is 29.2 Å². The molecular formula is C18H17N3. The van der Waals surface area contributed by atoms with Crippen molar-refractivity contribution in [3.63, 3.8) is 0 Å². The van der Waals surface area contributed by atoms with Crippen molar-refractivity contribution in [2.75, 3.05) is 5.32 Å². The Bertz CT molecular complexity index is 743. The van der Waals surface area contributed by atoms with Gasteiger partial charge in [0.25, 0.3) is 0 Å². The van der Waals surface area contributed by atoms with E-state index in [1.54, 1.807) is 0 Å². The van der Waals surface area contributed by atoms with E-state index in [0.29, 0.717) is 0 Å². The van der Waals surface area contributed by atoms with Crippen molar-refractivity contribution >= 4 is 5.69 Å². The van der Waals surface area contributed by atoms with Crippen LogP contribution in [0.25, 0.3) is 11.1 Å². The fourth-order valence-electron chi connectivity index (χ4n) is 3.09. The van der Waals surface area contributed by atoms with Crippen molar-refractivity contribution in [3.8, 4) is 11.1 Å². The molecule has 3 heteroatoms. The van der Waals surface area contributed by atoms with Crippen LogP contribution in [-0.2, 0) is 6.54 Å². The van der Waals surface area contributed by atoms with Gasteiger partial charge in [-0.2, -0.15) is 5.10 Å². The molecule has 104 valence electrons. The molecule has 21 heavy (non-hydrogen) atoms. The molecule has 0 saturated carbocycles. The van der Waals surface area contributed by atoms with E-state index < -0.39 is 0 Å². The lowest BCUT2D eigenvalue weighted by atomic mass is 10.1. The third-order valence-electron chi connectivity index (χ3n) is 4.10. The van der Waals surface area contributed by atoms with Crippen LogP contribution in [0, 0.1) is 0 Å². The number of anilines is 1. The van der Waals surface area contributed by atoms with Gasteiger partial charge in [-0.15, -0.1) is 0 Å². The standard InChI is InChI=1S/C18H17N3/c1-2-21-12-13(11-19-21)20-18-16-9-5-3-7-14(16)15-8-4-6-10-17(15)18/h3-12,18,20H,2H2,1H3. The summed E-state index contributed by atoms with van der Waals surface area (Å²) in [6.45, 7) is 2.98. The molecule has 4 rings (SSSR count). The summed E-state index contributed by atoms with van der Waals surface area (Å²) in [5.41, 5.74) is 6.39. The Morgan fingerprint density at radius 1 is 1.00 bits per heavy atom. The van der Waals surface area contributed by atoms with Crippen molar-refractivity contribution in [1.82, 2.24) is 9.78 Å². The lowest BCUT2D eigenvalue weighted by Crippen LogP contribution is -2.08. The highest BCUT2D eigenvalue weighted by Crippen LogP contribution is 2.44. The summed E-state index contributed by atoms with van der Waals surface area (Å²) in [4.78, 5) is 0. The summed E-state index contributed by atoms with van der Waals surface area (Å²) in [5, 5.41) is 7.97. The Hall–Kier alpha value is -2.55. The van der Waals surface area contributed by atoms with Gasteiger partial charge >= 0.3 is 0 Å². The van der Waals surface area contributed by atoms with E-state index in [1.807, 2.05) is 10.9 Å². The van der Waals surface area contributed by atoms with Gasteiger partial charge in [0, 0.05) is 12.7 Å². The lowest BCUT2D eigenvalue weighted by molar-refractivity contribution is 0.660. The third kappa shape index (κ3) is 1.93. The van der Waals surface area contributed by atoms with E-state index in [4.69, 9.17) is 0 Å². The molecule has 0 atom stereocenters. The topological polar surface area (TPSA) is 29.9 Å². The van der Waals surface area contributed by atoms with Crippen LogP contribution < -0.4 is 5.32 Å². The normalized spacial score (nSPS) is 13.0. The number of benzene rings is 2. The lowest BCUT2D eigenvalue weighted by Gasteiger charge is -2.15. The summed E-state index contributed by atoms with van der Waals surface area (Å²) in [5.74, 6) is 0. The Labute approximate surface area is 124 Å². The first-order valence-corrected chi connectivity index (χ1v) is 7.34. The minimum atomic E-state index is 0.201. The van der Waals surface area contributed by atoms with Crippen molar-refractivity contribution in [1.29, 1.82) is 0 Å². The smallest absolute Gasteiger partial charge is 0.0780 e. The number of nitrogens with zero attached hydrogens (tertiary/aromatic N) is 2. The first-order valence-electron chi connectivity index (χ1n) is 7.34. The number of hydrogen-bond donors (Lipinski definition) is 1. The molecule has 0 saturated heterocycles. The average Bonchev–Trinajstić information content (AvgIpc) is 3.12. The number of aryl methyl sites for hydroxylation is 1. The number of hydrogen-bond acceptors (Lipinski definition) is 2. The van der Waals surface area contributed by atoms with Gasteiger partial charge in [0.05, 0.1) is 17.9 Å². The zero-order chi connectivity index (χ0) is 14.2. The molecule has 0 radical (unpaired) electrons. The zero-order valence-corrected chi connectivity index (χ0v) is 12.0. The minimum Gasteiger partial charge on any atom is -0.372 e. The molecule has 0 amide bonds. The molecule has 3 nitrogen and oxygen atoms in total. The van der Waals surface area contributed by atoms with Crippen molar-refractivity contribution in [3.05, 3.63) is 72.1 Å². The van der Waals surface area contributed by atoms with Crippen LogP contribution in [0.2, 0.25) is 0 Å². The van der Waals surface area contributed by atoms with Gasteiger partial charge in [-0.1, -0.05) is 48.5 Å². The molecule has 3 aromatic rings. The van der Waals surface area contributed by atoms with E-state index >= 15 is 0 Å². The molecule has 1 aliphatic carbocycles. The minimum absolute atomic E-state index is 0.201. The van der Waals surface area contributed by atoms with E-state index in [-0.39, 0.29) is 6.04 Å². The molecule has 2 aromatic carbocycles. The first kappa shape index (κ1) is 12.2. The maximum absolute atomic E-state index is 4.34. The molecule has 0 unspecified atom stereocenters. The molecule has 1 heterocycles. The van der Waals surface area contributed by atoms with Crippen molar-refractivity contribution in [2.24, 2.45) is 0 Å². The molecule has 1 aliphatic rings. The SMILES string of the molecule is CCn1cc(NC2c3ccccc3-c3ccccc32)cn1. The van der Waals surface area contributed by atoms with E-state index in [0.717, 1.165) is 12.2 Å². The fourth-order valence-corrected chi connectivity index (χ4v) is 3.09. The van der Waals surface area contributed by atoms with Gasteiger partial charge in [0.1, 0.15) is 0 Å². The van der Waals surface area contributed by atoms with Gasteiger partial charge < -0.3 is 5.32 Å². The fraction of sp³-hybridized carbons (Fsp3) is 0.167. The number of aromatic nitrogens is 2. The second kappa shape index (κ2) is 4.77. The highest BCUT2D eigenvalue weighted by molar-refractivity contribution is 5.79. The highest BCUT2D eigenvalue weighted by atomic mass is 15.3. The largest absolute Gasteiger partial charge is 0.372 e. The van der Waals surface area contributed by atoms with Crippen molar-refractivity contribution in [2.45, 2.75) is 19.5 Å². The third-order valence-corrected chi connectivity index (χ3v) is 4.10. The van der Waals surface area contributed by atoms with Crippen LogP contribution >= 0.6 is 0 Å². The molecule has 0 bridgehead atoms. The van der Waals surface area contributed by atoms with Crippen LogP contribution in [0.15, 0.2) is 60.9 Å². The second-order valence-corrected chi connectivity index (χ2v) is 5.34. The predicted octanol–water partition coefficient (Wildman–Crippen LogP) is 4.08. The quantitative estimate of drug-likeness (QED) is 0.780. The monoisotopic (exact) mass is 275 g/mol. The van der Waals surface area contributed by atoms with Crippen LogP contribution in [0.1, 0.15) is 24.1 Å². The molecule has 1 aromatic heterocycles. The number of rotatable bonds is 3. The second-order valence-electron chi connectivity index (χ2n) is 5.34. The zero-order valence-electron chi connectivity index (χ0n) is 12.0. The Morgan fingerprint density at radius 3 is 2.19 bits per heavy atom. The van der Waals surface area contributed by atoms with Crippen LogP contribution in [0.5, 0.6) is 0 Å². The van der Waals surface area contributed by atoms with Crippen LogP contribution in [0.3, 0.4) is 0 Å². The van der Waals surface area contributed by atoms with Gasteiger partial charge in [0.2, 0.25) is 0 Å². The highest BCUT2D eigenvalue weighted by Gasteiger charge is 2.27. The Kier molecular flexibility index (Phi) is 2.78. The summed E-state index contributed by atoms with van der Waals surface area (Å²) in [6.07, 6.45) is 3.95.